The fourth-order valence-corrected chi connectivity index (χ4v) is 2.03. The van der Waals surface area contributed by atoms with E-state index in [1.807, 2.05) is 0 Å². The zero-order valence-electron chi connectivity index (χ0n) is 8.29. The first-order valence-electron chi connectivity index (χ1n) is 4.83. The van der Waals surface area contributed by atoms with E-state index in [0.717, 1.165) is 36.5 Å². The fraction of sp³-hybridized carbons (Fsp3) is 0.778. The maximum atomic E-state index is 5.91. The summed E-state index contributed by atoms with van der Waals surface area (Å²) in [5.41, 5.74) is 5.91. The van der Waals surface area contributed by atoms with Gasteiger partial charge in [-0.25, -0.2) is 4.98 Å². The molecule has 0 saturated carbocycles. The number of rotatable bonds is 5. The van der Waals surface area contributed by atoms with Crippen LogP contribution in [0.15, 0.2) is 0 Å². The quantitative estimate of drug-likeness (QED) is 0.786. The summed E-state index contributed by atoms with van der Waals surface area (Å²) in [6.07, 6.45) is 4.01. The summed E-state index contributed by atoms with van der Waals surface area (Å²) in [6, 6.07) is 0.252. The van der Waals surface area contributed by atoms with Gasteiger partial charge in [-0.15, -0.1) is 0 Å². The lowest BCUT2D eigenvalue weighted by Crippen LogP contribution is -2.22. The lowest BCUT2D eigenvalue weighted by atomic mass is 10.1. The Bertz CT molecular complexity index is 247. The van der Waals surface area contributed by atoms with Crippen molar-refractivity contribution in [1.82, 2.24) is 9.36 Å². The highest BCUT2D eigenvalue weighted by atomic mass is 32.1. The Balaban J connectivity index is 2.44. The molecule has 13 heavy (non-hydrogen) atoms. The van der Waals surface area contributed by atoms with Crippen LogP contribution in [0.3, 0.4) is 0 Å². The molecule has 1 aromatic heterocycles. The van der Waals surface area contributed by atoms with Crippen molar-refractivity contribution in [2.45, 2.75) is 45.6 Å². The predicted octanol–water partition coefficient (Wildman–Crippen LogP) is 1.77. The largest absolute Gasteiger partial charge is 0.327 e. The molecule has 0 spiro atoms. The molecule has 4 heteroatoms. The molecule has 0 bridgehead atoms. The van der Waals surface area contributed by atoms with Gasteiger partial charge in [-0.3, -0.25) is 0 Å². The van der Waals surface area contributed by atoms with Crippen LogP contribution in [0.2, 0.25) is 0 Å². The van der Waals surface area contributed by atoms with Crippen LogP contribution in [-0.2, 0) is 12.8 Å². The third-order valence-electron chi connectivity index (χ3n) is 1.92. The lowest BCUT2D eigenvalue weighted by Gasteiger charge is -2.05. The molecular formula is C9H17N3S. The van der Waals surface area contributed by atoms with Crippen molar-refractivity contribution in [2.75, 3.05) is 0 Å². The Kier molecular flexibility index (Phi) is 4.32. The molecule has 0 fully saturated rings. The van der Waals surface area contributed by atoms with Gasteiger partial charge in [0, 0.05) is 18.9 Å². The minimum Gasteiger partial charge on any atom is -0.327 e. The number of nitrogens with zero attached hydrogens (tertiary/aromatic N) is 2. The third kappa shape index (κ3) is 3.40. The van der Waals surface area contributed by atoms with Crippen LogP contribution in [0.5, 0.6) is 0 Å². The van der Waals surface area contributed by atoms with Crippen LogP contribution in [0, 0.1) is 0 Å². The van der Waals surface area contributed by atoms with E-state index in [4.69, 9.17) is 5.73 Å². The van der Waals surface area contributed by atoms with E-state index in [2.05, 4.69) is 23.2 Å². The van der Waals surface area contributed by atoms with Crippen LogP contribution >= 0.6 is 11.5 Å². The molecular weight excluding hydrogens is 182 g/mol. The lowest BCUT2D eigenvalue weighted by molar-refractivity contribution is 0.598. The van der Waals surface area contributed by atoms with Crippen LogP contribution in [0.1, 0.15) is 37.5 Å². The second-order valence-electron chi connectivity index (χ2n) is 3.21. The molecule has 0 aliphatic rings. The molecule has 1 atom stereocenters. The monoisotopic (exact) mass is 199 g/mol. The second-order valence-corrected chi connectivity index (χ2v) is 4.05. The number of hydrogen-bond acceptors (Lipinski definition) is 4. The normalized spacial score (nSPS) is 13.2. The van der Waals surface area contributed by atoms with Crippen LogP contribution < -0.4 is 5.73 Å². The van der Waals surface area contributed by atoms with E-state index in [1.165, 1.54) is 11.5 Å². The van der Waals surface area contributed by atoms with Crippen molar-refractivity contribution in [2.24, 2.45) is 5.73 Å². The highest BCUT2D eigenvalue weighted by Gasteiger charge is 2.07. The Labute approximate surface area is 83.5 Å². The summed E-state index contributed by atoms with van der Waals surface area (Å²) in [6.45, 7) is 4.22. The predicted molar refractivity (Wildman–Crippen MR) is 55.9 cm³/mol. The molecule has 0 aliphatic carbocycles. The molecule has 2 N–H and O–H groups in total. The molecule has 1 unspecified atom stereocenters. The van der Waals surface area contributed by atoms with Gasteiger partial charge in [0.25, 0.3) is 0 Å². The van der Waals surface area contributed by atoms with Crippen LogP contribution in [0.25, 0.3) is 0 Å². The van der Waals surface area contributed by atoms with E-state index in [-0.39, 0.29) is 6.04 Å². The molecule has 3 nitrogen and oxygen atoms in total. The molecule has 0 saturated heterocycles. The molecule has 0 aromatic carbocycles. The minimum absolute atomic E-state index is 0.252. The first kappa shape index (κ1) is 10.6. The Morgan fingerprint density at radius 3 is 2.77 bits per heavy atom. The minimum atomic E-state index is 0.252. The van der Waals surface area contributed by atoms with Crippen molar-refractivity contribution in [3.63, 3.8) is 0 Å². The molecule has 0 radical (unpaired) electrons. The van der Waals surface area contributed by atoms with Crippen molar-refractivity contribution >= 4 is 11.5 Å². The summed E-state index contributed by atoms with van der Waals surface area (Å²) >= 11 is 1.49. The molecule has 1 heterocycles. The van der Waals surface area contributed by atoms with Crippen LogP contribution in [0.4, 0.5) is 0 Å². The van der Waals surface area contributed by atoms with Gasteiger partial charge in [-0.05, 0) is 18.0 Å². The molecule has 1 rings (SSSR count). The van der Waals surface area contributed by atoms with Crippen molar-refractivity contribution in [1.29, 1.82) is 0 Å². The Morgan fingerprint density at radius 1 is 1.46 bits per heavy atom. The summed E-state index contributed by atoms with van der Waals surface area (Å²) in [4.78, 5) is 4.38. The standard InChI is InChI=1S/C9H17N3S/c1-3-5-7(10)6-9-11-8(4-2)12-13-9/h7H,3-6,10H2,1-2H3. The van der Waals surface area contributed by atoms with E-state index in [1.54, 1.807) is 0 Å². The van der Waals surface area contributed by atoms with Gasteiger partial charge in [-0.2, -0.15) is 4.37 Å². The highest BCUT2D eigenvalue weighted by Crippen LogP contribution is 2.09. The maximum Gasteiger partial charge on any atom is 0.142 e. The second kappa shape index (κ2) is 5.29. The smallest absolute Gasteiger partial charge is 0.142 e. The Morgan fingerprint density at radius 2 is 2.23 bits per heavy atom. The number of nitrogens with two attached hydrogens (primary N) is 1. The summed E-state index contributed by atoms with van der Waals surface area (Å²) in [7, 11) is 0. The first-order chi connectivity index (χ1) is 6.26. The zero-order valence-corrected chi connectivity index (χ0v) is 9.10. The molecule has 0 aliphatic heterocycles. The first-order valence-corrected chi connectivity index (χ1v) is 5.60. The van der Waals surface area contributed by atoms with Gasteiger partial charge in [0.1, 0.15) is 10.8 Å². The fourth-order valence-electron chi connectivity index (χ4n) is 1.21. The maximum absolute atomic E-state index is 5.91. The highest BCUT2D eigenvalue weighted by molar-refractivity contribution is 7.05. The number of aryl methyl sites for hydroxylation is 1. The van der Waals surface area contributed by atoms with Crippen LogP contribution in [-0.4, -0.2) is 15.4 Å². The SMILES string of the molecule is CCCC(N)Cc1nc(CC)ns1. The van der Waals surface area contributed by atoms with E-state index in [9.17, 15) is 0 Å². The summed E-state index contributed by atoms with van der Waals surface area (Å²) < 4.78 is 4.22. The zero-order chi connectivity index (χ0) is 9.68. The van der Waals surface area contributed by atoms with Gasteiger partial charge in [0.2, 0.25) is 0 Å². The molecule has 0 amide bonds. The topological polar surface area (TPSA) is 51.8 Å². The number of hydrogen-bond donors (Lipinski definition) is 1. The summed E-state index contributed by atoms with van der Waals surface area (Å²) in [5, 5.41) is 1.08. The van der Waals surface area contributed by atoms with Crippen molar-refractivity contribution in [3.8, 4) is 0 Å². The third-order valence-corrected chi connectivity index (χ3v) is 2.69. The van der Waals surface area contributed by atoms with Gasteiger partial charge in [-0.1, -0.05) is 20.3 Å². The number of aromatic nitrogens is 2. The molecule has 74 valence electrons. The average Bonchev–Trinajstić information content (AvgIpc) is 2.52. The van der Waals surface area contributed by atoms with Gasteiger partial charge < -0.3 is 5.73 Å². The van der Waals surface area contributed by atoms with Gasteiger partial charge >= 0.3 is 0 Å². The Hall–Kier alpha value is -0.480. The van der Waals surface area contributed by atoms with Crippen molar-refractivity contribution in [3.05, 3.63) is 10.8 Å². The van der Waals surface area contributed by atoms with E-state index < -0.39 is 0 Å². The summed E-state index contributed by atoms with van der Waals surface area (Å²) in [5.74, 6) is 0.948. The molecule has 1 aromatic rings. The van der Waals surface area contributed by atoms with E-state index >= 15 is 0 Å². The average molecular weight is 199 g/mol. The van der Waals surface area contributed by atoms with Gasteiger partial charge in [0.05, 0.1) is 0 Å². The van der Waals surface area contributed by atoms with Gasteiger partial charge in [0.15, 0.2) is 0 Å². The van der Waals surface area contributed by atoms with E-state index in [0.29, 0.717) is 0 Å². The van der Waals surface area contributed by atoms with Crippen molar-refractivity contribution < 1.29 is 0 Å².